The summed E-state index contributed by atoms with van der Waals surface area (Å²) < 4.78 is 33.2. The van der Waals surface area contributed by atoms with Gasteiger partial charge in [0.1, 0.15) is 11.4 Å². The van der Waals surface area contributed by atoms with Gasteiger partial charge in [-0.05, 0) is 26.8 Å². The fourth-order valence-electron chi connectivity index (χ4n) is 1.31. The van der Waals surface area contributed by atoms with Crippen LogP contribution in [0.25, 0.3) is 0 Å². The summed E-state index contributed by atoms with van der Waals surface area (Å²) in [5, 5.41) is 2.27. The Labute approximate surface area is 120 Å². The summed E-state index contributed by atoms with van der Waals surface area (Å²) in [7, 11) is 0. The van der Waals surface area contributed by atoms with E-state index in [1.807, 2.05) is 0 Å². The summed E-state index contributed by atoms with van der Waals surface area (Å²) in [4.78, 5) is 26.8. The van der Waals surface area contributed by atoms with Crippen LogP contribution in [0.15, 0.2) is 18.5 Å². The van der Waals surface area contributed by atoms with Crippen LogP contribution in [0.5, 0.6) is 5.75 Å². The first-order chi connectivity index (χ1) is 9.67. The van der Waals surface area contributed by atoms with E-state index in [9.17, 15) is 18.4 Å². The Balaban J connectivity index is 2.58. The summed E-state index contributed by atoms with van der Waals surface area (Å²) in [6.45, 7) is 1.71. The lowest BCUT2D eigenvalue weighted by atomic mass is 10.2. The number of alkyl halides is 2. The highest BCUT2D eigenvalue weighted by atomic mass is 19.3. The second-order valence-electron chi connectivity index (χ2n) is 5.07. The van der Waals surface area contributed by atoms with Gasteiger partial charge < -0.3 is 14.8 Å². The molecular weight excluding hydrogens is 286 g/mol. The van der Waals surface area contributed by atoms with Crippen LogP contribution in [0.4, 0.5) is 13.6 Å². The maximum absolute atomic E-state index is 12.1. The molecule has 1 aromatic heterocycles. The molecule has 0 aliphatic rings. The van der Waals surface area contributed by atoms with Crippen LogP contribution in [0.2, 0.25) is 0 Å². The van der Waals surface area contributed by atoms with E-state index in [1.165, 1.54) is 6.20 Å². The number of alkyl carbamates (subject to hydrolysis) is 1. The topological polar surface area (TPSA) is 77.5 Å². The number of nitrogens with zero attached hydrogens (tertiary/aromatic N) is 1. The summed E-state index contributed by atoms with van der Waals surface area (Å²) in [5.74, 6) is -0.735. The molecular formula is C13H16F2N2O4. The zero-order valence-corrected chi connectivity index (χ0v) is 11.9. The largest absolute Gasteiger partial charge is 0.444 e. The van der Waals surface area contributed by atoms with E-state index in [2.05, 4.69) is 15.0 Å². The van der Waals surface area contributed by atoms with Crippen molar-refractivity contribution in [2.24, 2.45) is 0 Å². The van der Waals surface area contributed by atoms with Crippen molar-refractivity contribution in [2.75, 3.05) is 6.54 Å². The Morgan fingerprint density at radius 3 is 2.57 bits per heavy atom. The monoisotopic (exact) mass is 302 g/mol. The number of carbonyl (C=O) groups excluding carboxylic acids is 2. The number of carbonyl (C=O) groups is 2. The third-order valence-electron chi connectivity index (χ3n) is 2.05. The van der Waals surface area contributed by atoms with Gasteiger partial charge in [0.15, 0.2) is 5.78 Å². The smallest absolute Gasteiger partial charge is 0.408 e. The number of nitrogens with one attached hydrogen (secondary N) is 1. The number of ketones is 1. The third kappa shape index (κ3) is 6.64. The molecule has 0 unspecified atom stereocenters. The molecule has 0 radical (unpaired) electrons. The van der Waals surface area contributed by atoms with Gasteiger partial charge in [-0.2, -0.15) is 8.78 Å². The minimum atomic E-state index is -3.00. The van der Waals surface area contributed by atoms with Crippen molar-refractivity contribution < 1.29 is 27.8 Å². The van der Waals surface area contributed by atoms with Gasteiger partial charge in [0, 0.05) is 11.8 Å². The normalized spacial score (nSPS) is 11.1. The molecule has 1 heterocycles. The highest BCUT2D eigenvalue weighted by Gasteiger charge is 2.17. The predicted octanol–water partition coefficient (Wildman–Crippen LogP) is 2.39. The van der Waals surface area contributed by atoms with Crippen LogP contribution in [0.3, 0.4) is 0 Å². The number of rotatable bonds is 5. The number of halogens is 2. The summed E-state index contributed by atoms with van der Waals surface area (Å²) >= 11 is 0. The van der Waals surface area contributed by atoms with Gasteiger partial charge in [-0.3, -0.25) is 9.78 Å². The molecule has 0 fully saturated rings. The Hall–Kier alpha value is -2.25. The van der Waals surface area contributed by atoms with Crippen LogP contribution in [0.1, 0.15) is 31.1 Å². The summed E-state index contributed by atoms with van der Waals surface area (Å²) in [5.41, 5.74) is -0.635. The van der Waals surface area contributed by atoms with Gasteiger partial charge in [-0.25, -0.2) is 4.79 Å². The molecule has 0 spiro atoms. The highest BCUT2D eigenvalue weighted by Crippen LogP contribution is 2.14. The Morgan fingerprint density at radius 2 is 2.00 bits per heavy atom. The van der Waals surface area contributed by atoms with Gasteiger partial charge in [0.05, 0.1) is 12.7 Å². The minimum Gasteiger partial charge on any atom is -0.444 e. The van der Waals surface area contributed by atoms with Crippen molar-refractivity contribution in [1.29, 1.82) is 0 Å². The molecule has 1 aromatic rings. The number of hydrogen-bond donors (Lipinski definition) is 1. The Bertz CT molecular complexity index is 515. The van der Waals surface area contributed by atoms with Crippen LogP contribution in [-0.4, -0.2) is 35.6 Å². The number of amides is 1. The van der Waals surface area contributed by atoms with Crippen LogP contribution in [-0.2, 0) is 4.74 Å². The molecule has 1 rings (SSSR count). The van der Waals surface area contributed by atoms with Gasteiger partial charge in [0.25, 0.3) is 0 Å². The maximum atomic E-state index is 12.1. The molecule has 0 saturated carbocycles. The minimum absolute atomic E-state index is 0.0456. The second-order valence-corrected chi connectivity index (χ2v) is 5.07. The SMILES string of the molecule is CC(C)(C)OC(=O)NCC(=O)c1cncc(OC(F)F)c1. The summed E-state index contributed by atoms with van der Waals surface area (Å²) in [6.07, 6.45) is 1.51. The van der Waals surface area contributed by atoms with E-state index in [-0.39, 0.29) is 17.9 Å². The standard InChI is InChI=1S/C13H16F2N2O4/c1-13(2,3)21-12(19)17-7-10(18)8-4-9(6-16-5-8)20-11(14)15/h4-6,11H,7H2,1-3H3,(H,17,19). The Kier molecular flexibility index (Phi) is 5.57. The molecule has 0 saturated heterocycles. The lowest BCUT2D eigenvalue weighted by Crippen LogP contribution is -2.35. The van der Waals surface area contributed by atoms with Crippen molar-refractivity contribution in [3.63, 3.8) is 0 Å². The molecule has 1 N–H and O–H groups in total. The molecule has 0 bridgehead atoms. The average molecular weight is 302 g/mol. The van der Waals surface area contributed by atoms with Crippen molar-refractivity contribution in [3.8, 4) is 5.75 Å². The number of Topliss-reactive ketones (excluding diaryl/α,β-unsaturated/α-hetero) is 1. The number of pyridine rings is 1. The molecule has 8 heteroatoms. The van der Waals surface area contributed by atoms with Crippen LogP contribution in [0, 0.1) is 0 Å². The molecule has 6 nitrogen and oxygen atoms in total. The van der Waals surface area contributed by atoms with Crippen LogP contribution >= 0.6 is 0 Å². The van der Waals surface area contributed by atoms with Crippen molar-refractivity contribution in [3.05, 3.63) is 24.0 Å². The zero-order chi connectivity index (χ0) is 16.0. The van der Waals surface area contributed by atoms with E-state index >= 15 is 0 Å². The first kappa shape index (κ1) is 16.8. The maximum Gasteiger partial charge on any atom is 0.408 e. The van der Waals surface area contributed by atoms with Crippen molar-refractivity contribution in [2.45, 2.75) is 33.0 Å². The number of aromatic nitrogens is 1. The first-order valence-corrected chi connectivity index (χ1v) is 6.07. The molecule has 0 atom stereocenters. The summed E-state index contributed by atoms with van der Waals surface area (Å²) in [6, 6.07) is 1.12. The predicted molar refractivity (Wildman–Crippen MR) is 69.4 cm³/mol. The highest BCUT2D eigenvalue weighted by molar-refractivity contribution is 5.98. The fourth-order valence-corrected chi connectivity index (χ4v) is 1.31. The molecule has 1 amide bonds. The second kappa shape index (κ2) is 6.96. The lowest BCUT2D eigenvalue weighted by Gasteiger charge is -2.19. The van der Waals surface area contributed by atoms with E-state index in [4.69, 9.17) is 4.74 Å². The van der Waals surface area contributed by atoms with Gasteiger partial charge in [-0.1, -0.05) is 0 Å². The average Bonchev–Trinajstić information content (AvgIpc) is 2.33. The molecule has 0 aliphatic carbocycles. The first-order valence-electron chi connectivity index (χ1n) is 6.07. The van der Waals surface area contributed by atoms with Gasteiger partial charge >= 0.3 is 12.7 Å². The van der Waals surface area contributed by atoms with Gasteiger partial charge in [-0.15, -0.1) is 0 Å². The number of ether oxygens (including phenoxy) is 2. The van der Waals surface area contributed by atoms with E-state index in [0.717, 1.165) is 12.3 Å². The van der Waals surface area contributed by atoms with E-state index in [1.54, 1.807) is 20.8 Å². The number of hydrogen-bond acceptors (Lipinski definition) is 5. The van der Waals surface area contributed by atoms with Crippen molar-refractivity contribution >= 4 is 11.9 Å². The Morgan fingerprint density at radius 1 is 1.33 bits per heavy atom. The zero-order valence-electron chi connectivity index (χ0n) is 11.9. The fraction of sp³-hybridized carbons (Fsp3) is 0.462. The molecule has 21 heavy (non-hydrogen) atoms. The third-order valence-corrected chi connectivity index (χ3v) is 2.05. The quantitative estimate of drug-likeness (QED) is 0.845. The van der Waals surface area contributed by atoms with Crippen LogP contribution < -0.4 is 10.1 Å². The van der Waals surface area contributed by atoms with Crippen molar-refractivity contribution in [1.82, 2.24) is 10.3 Å². The lowest BCUT2D eigenvalue weighted by molar-refractivity contribution is -0.0501. The van der Waals surface area contributed by atoms with Gasteiger partial charge in [0.2, 0.25) is 0 Å². The molecule has 116 valence electrons. The van der Waals surface area contributed by atoms with E-state index in [0.29, 0.717) is 0 Å². The molecule has 0 aliphatic heterocycles. The molecule has 0 aromatic carbocycles. The van der Waals surface area contributed by atoms with E-state index < -0.39 is 24.1 Å².